The molecule has 1 aliphatic rings. The van der Waals surface area contributed by atoms with Crippen molar-refractivity contribution in [2.45, 2.75) is 64.2 Å². The summed E-state index contributed by atoms with van der Waals surface area (Å²) in [4.78, 5) is 7.21. The van der Waals surface area contributed by atoms with Crippen molar-refractivity contribution in [1.82, 2.24) is 9.88 Å². The van der Waals surface area contributed by atoms with E-state index in [0.717, 1.165) is 18.5 Å². The third kappa shape index (κ3) is 5.20. The molecule has 0 spiro atoms. The van der Waals surface area contributed by atoms with Crippen LogP contribution in [0.2, 0.25) is 0 Å². The van der Waals surface area contributed by atoms with Gasteiger partial charge in [0.15, 0.2) is 0 Å². The number of aryl methyl sites for hydroxylation is 1. The van der Waals surface area contributed by atoms with Crippen molar-refractivity contribution < 1.29 is 0 Å². The van der Waals surface area contributed by atoms with E-state index in [-0.39, 0.29) is 0 Å². The fourth-order valence-corrected chi connectivity index (χ4v) is 4.05. The summed E-state index contributed by atoms with van der Waals surface area (Å²) in [5, 5.41) is 5.09. The predicted octanol–water partition coefficient (Wildman–Crippen LogP) is 5.43. The molecule has 26 heavy (non-hydrogen) atoms. The number of benzene rings is 1. The summed E-state index contributed by atoms with van der Waals surface area (Å²) in [6, 6.07) is 8.62. The zero-order chi connectivity index (χ0) is 18.2. The van der Waals surface area contributed by atoms with Gasteiger partial charge in [-0.1, -0.05) is 43.9 Å². The first-order chi connectivity index (χ1) is 12.8. The van der Waals surface area contributed by atoms with E-state index < -0.39 is 0 Å². The molecule has 1 aromatic carbocycles. The molecular weight excluding hydrogens is 318 g/mol. The van der Waals surface area contributed by atoms with E-state index in [9.17, 15) is 0 Å². The number of hydrogen-bond acceptors (Lipinski definition) is 3. The van der Waals surface area contributed by atoms with Gasteiger partial charge in [0.1, 0.15) is 0 Å². The molecule has 0 bridgehead atoms. The van der Waals surface area contributed by atoms with Gasteiger partial charge in [0.05, 0.1) is 5.52 Å². The van der Waals surface area contributed by atoms with Crippen molar-refractivity contribution >= 4 is 16.6 Å². The van der Waals surface area contributed by atoms with E-state index in [0.29, 0.717) is 0 Å². The highest BCUT2D eigenvalue weighted by atomic mass is 15.0. The van der Waals surface area contributed by atoms with Gasteiger partial charge in [0.2, 0.25) is 0 Å². The molecule has 2 aromatic rings. The third-order valence-electron chi connectivity index (χ3n) is 5.50. The number of anilines is 1. The molecule has 142 valence electrons. The molecule has 0 radical (unpaired) electrons. The van der Waals surface area contributed by atoms with Crippen molar-refractivity contribution in [1.29, 1.82) is 0 Å². The molecule has 0 unspecified atom stereocenters. The van der Waals surface area contributed by atoms with Crippen LogP contribution in [0.4, 0.5) is 5.69 Å². The first-order valence-electron chi connectivity index (χ1n) is 10.5. The van der Waals surface area contributed by atoms with Gasteiger partial charge in [0.25, 0.3) is 0 Å². The van der Waals surface area contributed by atoms with Gasteiger partial charge in [-0.3, -0.25) is 4.98 Å². The molecule has 1 heterocycles. The van der Waals surface area contributed by atoms with Gasteiger partial charge in [-0.2, -0.15) is 0 Å². The molecule has 0 atom stereocenters. The Morgan fingerprint density at radius 1 is 0.923 bits per heavy atom. The van der Waals surface area contributed by atoms with Crippen LogP contribution in [-0.2, 0) is 12.8 Å². The predicted molar refractivity (Wildman–Crippen MR) is 113 cm³/mol. The van der Waals surface area contributed by atoms with E-state index >= 15 is 0 Å². The quantitative estimate of drug-likeness (QED) is 0.577. The summed E-state index contributed by atoms with van der Waals surface area (Å²) in [6.07, 6.45) is 12.9. The highest BCUT2D eigenvalue weighted by molar-refractivity contribution is 5.93. The van der Waals surface area contributed by atoms with Crippen LogP contribution in [0.1, 0.15) is 62.6 Å². The van der Waals surface area contributed by atoms with Crippen LogP contribution in [0.3, 0.4) is 0 Å². The maximum atomic E-state index is 4.93. The zero-order valence-corrected chi connectivity index (χ0v) is 16.7. The van der Waals surface area contributed by atoms with E-state index in [1.807, 2.05) is 0 Å². The minimum atomic E-state index is 1.08. The Labute approximate surface area is 159 Å². The standard InChI is InChI=1S/C23H35N3/c1-26(2)18-12-6-4-3-5-11-17-24-23-19-13-7-9-15-21(19)25-22-16-10-8-14-20(22)23/h7,9,13,15H,3-6,8,10-12,14,16-18H2,1-2H3,(H,24,25). The Kier molecular flexibility index (Phi) is 7.31. The monoisotopic (exact) mass is 353 g/mol. The van der Waals surface area contributed by atoms with Crippen molar-refractivity contribution in [3.05, 3.63) is 35.5 Å². The molecule has 0 saturated carbocycles. The van der Waals surface area contributed by atoms with Crippen LogP contribution in [-0.4, -0.2) is 37.1 Å². The number of para-hydroxylation sites is 1. The van der Waals surface area contributed by atoms with Crippen molar-refractivity contribution in [2.24, 2.45) is 0 Å². The third-order valence-corrected chi connectivity index (χ3v) is 5.50. The minimum Gasteiger partial charge on any atom is -0.384 e. The number of pyridine rings is 1. The molecule has 1 aromatic heterocycles. The molecule has 0 amide bonds. The highest BCUT2D eigenvalue weighted by Crippen LogP contribution is 2.33. The molecule has 3 nitrogen and oxygen atoms in total. The van der Waals surface area contributed by atoms with Crippen molar-refractivity contribution in [2.75, 3.05) is 32.5 Å². The fourth-order valence-electron chi connectivity index (χ4n) is 4.05. The number of nitrogens with zero attached hydrogens (tertiary/aromatic N) is 2. The van der Waals surface area contributed by atoms with Gasteiger partial charge in [-0.25, -0.2) is 0 Å². The highest BCUT2D eigenvalue weighted by Gasteiger charge is 2.17. The van der Waals surface area contributed by atoms with E-state index in [4.69, 9.17) is 4.98 Å². The second-order valence-corrected chi connectivity index (χ2v) is 7.99. The lowest BCUT2D eigenvalue weighted by Gasteiger charge is -2.21. The van der Waals surface area contributed by atoms with Crippen LogP contribution in [0.5, 0.6) is 0 Å². The minimum absolute atomic E-state index is 1.08. The molecule has 3 heteroatoms. The SMILES string of the molecule is CN(C)CCCCCCCCNc1c2c(nc3ccccc13)CCCC2. The largest absolute Gasteiger partial charge is 0.384 e. The van der Waals surface area contributed by atoms with E-state index in [2.05, 4.69) is 48.6 Å². The first kappa shape index (κ1) is 19.2. The zero-order valence-electron chi connectivity index (χ0n) is 16.7. The van der Waals surface area contributed by atoms with E-state index in [1.54, 1.807) is 0 Å². The number of nitrogens with one attached hydrogen (secondary N) is 1. The van der Waals surface area contributed by atoms with Gasteiger partial charge in [-0.15, -0.1) is 0 Å². The van der Waals surface area contributed by atoms with Crippen LogP contribution < -0.4 is 5.32 Å². The number of rotatable bonds is 10. The molecule has 0 aliphatic heterocycles. The maximum Gasteiger partial charge on any atom is 0.0726 e. The Hall–Kier alpha value is -1.61. The smallest absolute Gasteiger partial charge is 0.0726 e. The summed E-state index contributed by atoms with van der Waals surface area (Å²) in [5.74, 6) is 0. The van der Waals surface area contributed by atoms with Gasteiger partial charge < -0.3 is 10.2 Å². The summed E-state index contributed by atoms with van der Waals surface area (Å²) in [5.41, 5.74) is 5.34. The lowest BCUT2D eigenvalue weighted by atomic mass is 9.92. The Bertz CT molecular complexity index is 693. The fraction of sp³-hybridized carbons (Fsp3) is 0.609. The van der Waals surface area contributed by atoms with Crippen LogP contribution in [0.15, 0.2) is 24.3 Å². The first-order valence-corrected chi connectivity index (χ1v) is 10.5. The average molecular weight is 354 g/mol. The Balaban J connectivity index is 1.49. The lowest BCUT2D eigenvalue weighted by molar-refractivity contribution is 0.389. The summed E-state index contributed by atoms with van der Waals surface area (Å²) in [7, 11) is 4.32. The molecule has 1 N–H and O–H groups in total. The molecular formula is C23H35N3. The number of unbranched alkanes of at least 4 members (excludes halogenated alkanes) is 5. The van der Waals surface area contributed by atoms with Gasteiger partial charge in [-0.05, 0) is 70.8 Å². The van der Waals surface area contributed by atoms with E-state index in [1.165, 1.54) is 86.7 Å². The second kappa shape index (κ2) is 9.91. The second-order valence-electron chi connectivity index (χ2n) is 7.99. The van der Waals surface area contributed by atoms with Crippen LogP contribution in [0, 0.1) is 0 Å². The summed E-state index contributed by atoms with van der Waals surface area (Å²) < 4.78 is 0. The molecule has 1 aliphatic carbocycles. The Morgan fingerprint density at radius 2 is 1.65 bits per heavy atom. The molecule has 3 rings (SSSR count). The topological polar surface area (TPSA) is 28.2 Å². The van der Waals surface area contributed by atoms with Crippen LogP contribution >= 0.6 is 0 Å². The Morgan fingerprint density at radius 3 is 2.50 bits per heavy atom. The number of aromatic nitrogens is 1. The van der Waals surface area contributed by atoms with Crippen molar-refractivity contribution in [3.63, 3.8) is 0 Å². The van der Waals surface area contributed by atoms with Gasteiger partial charge in [0, 0.05) is 23.3 Å². The summed E-state index contributed by atoms with van der Waals surface area (Å²) in [6.45, 7) is 2.31. The number of fused-ring (bicyclic) bond motifs is 2. The summed E-state index contributed by atoms with van der Waals surface area (Å²) >= 11 is 0. The van der Waals surface area contributed by atoms with Crippen molar-refractivity contribution in [3.8, 4) is 0 Å². The molecule has 0 saturated heterocycles. The van der Waals surface area contributed by atoms with Crippen LogP contribution in [0.25, 0.3) is 10.9 Å². The average Bonchev–Trinajstić information content (AvgIpc) is 2.65. The maximum absolute atomic E-state index is 4.93. The normalized spacial score (nSPS) is 14.0. The van der Waals surface area contributed by atoms with Gasteiger partial charge >= 0.3 is 0 Å². The number of hydrogen-bond donors (Lipinski definition) is 1. The lowest BCUT2D eigenvalue weighted by Crippen LogP contribution is -2.12. The molecule has 0 fully saturated rings.